The van der Waals surface area contributed by atoms with Crippen LogP contribution in [-0.4, -0.2) is 50.3 Å². The smallest absolute Gasteiger partial charge is 0.273 e. The number of carbonyl (C=O) groups excluding carboxylic acids is 1. The summed E-state index contributed by atoms with van der Waals surface area (Å²) in [7, 11) is 4.82. The molecule has 3 aromatic rings. The largest absolute Gasteiger partial charge is 0.493 e. The minimum absolute atomic E-state index is 0.117. The lowest BCUT2D eigenvalue weighted by molar-refractivity contribution is 0.0675. The van der Waals surface area contributed by atoms with E-state index in [1.807, 2.05) is 48.5 Å². The third-order valence-corrected chi connectivity index (χ3v) is 5.31. The summed E-state index contributed by atoms with van der Waals surface area (Å²) < 4.78 is 15.8. The molecular formula is C22H24N2O4S. The molecule has 7 heteroatoms. The summed E-state index contributed by atoms with van der Waals surface area (Å²) in [6.45, 7) is 1.46. The number of hydrogen-bond acceptors (Lipinski definition) is 6. The van der Waals surface area contributed by atoms with Crippen molar-refractivity contribution in [3.8, 4) is 22.1 Å². The lowest BCUT2D eigenvalue weighted by atomic mass is 10.2. The fourth-order valence-electron chi connectivity index (χ4n) is 2.89. The number of ether oxygens (including phenoxy) is 3. The Morgan fingerprint density at radius 3 is 2.48 bits per heavy atom. The van der Waals surface area contributed by atoms with Crippen LogP contribution in [0.5, 0.6) is 11.5 Å². The van der Waals surface area contributed by atoms with Crippen LogP contribution in [0.15, 0.2) is 53.9 Å². The predicted octanol–water partition coefficient (Wildman–Crippen LogP) is 4.12. The molecule has 0 fully saturated rings. The third kappa shape index (κ3) is 5.13. The number of aromatic nitrogens is 1. The van der Waals surface area contributed by atoms with Crippen molar-refractivity contribution in [2.75, 3.05) is 34.5 Å². The first-order valence-electron chi connectivity index (χ1n) is 9.16. The molecule has 6 nitrogen and oxygen atoms in total. The maximum absolute atomic E-state index is 13.1. The van der Waals surface area contributed by atoms with Crippen LogP contribution in [0, 0.1) is 0 Å². The van der Waals surface area contributed by atoms with Crippen molar-refractivity contribution in [3.63, 3.8) is 0 Å². The van der Waals surface area contributed by atoms with Gasteiger partial charge in [0.25, 0.3) is 5.91 Å². The van der Waals surface area contributed by atoms with Crippen LogP contribution in [0.4, 0.5) is 0 Å². The molecule has 0 saturated carbocycles. The van der Waals surface area contributed by atoms with Gasteiger partial charge in [0.1, 0.15) is 10.7 Å². The second kappa shape index (κ2) is 10.0. The van der Waals surface area contributed by atoms with Crippen molar-refractivity contribution in [2.45, 2.75) is 6.54 Å². The number of benzene rings is 2. The molecule has 152 valence electrons. The van der Waals surface area contributed by atoms with Crippen LogP contribution < -0.4 is 9.47 Å². The first-order valence-corrected chi connectivity index (χ1v) is 10.0. The van der Waals surface area contributed by atoms with Crippen molar-refractivity contribution in [1.29, 1.82) is 0 Å². The molecule has 0 aliphatic rings. The Kier molecular flexibility index (Phi) is 7.21. The van der Waals surface area contributed by atoms with Gasteiger partial charge in [0.15, 0.2) is 11.5 Å². The van der Waals surface area contributed by atoms with E-state index < -0.39 is 0 Å². The molecule has 1 amide bonds. The zero-order chi connectivity index (χ0) is 20.6. The summed E-state index contributed by atoms with van der Waals surface area (Å²) in [6, 6.07) is 15.5. The van der Waals surface area contributed by atoms with Gasteiger partial charge in [-0.15, -0.1) is 11.3 Å². The van der Waals surface area contributed by atoms with Gasteiger partial charge in [-0.3, -0.25) is 4.79 Å². The van der Waals surface area contributed by atoms with Gasteiger partial charge < -0.3 is 19.1 Å². The number of carbonyl (C=O) groups is 1. The van der Waals surface area contributed by atoms with E-state index in [0.717, 1.165) is 16.1 Å². The molecule has 2 aromatic carbocycles. The zero-order valence-corrected chi connectivity index (χ0v) is 17.6. The molecule has 0 unspecified atom stereocenters. The lowest BCUT2D eigenvalue weighted by Crippen LogP contribution is -2.33. The van der Waals surface area contributed by atoms with Gasteiger partial charge >= 0.3 is 0 Å². The summed E-state index contributed by atoms with van der Waals surface area (Å²) >= 11 is 1.42. The Morgan fingerprint density at radius 2 is 1.79 bits per heavy atom. The number of methoxy groups -OCH3 is 3. The van der Waals surface area contributed by atoms with Crippen LogP contribution in [0.1, 0.15) is 16.1 Å². The topological polar surface area (TPSA) is 60.9 Å². The Hall–Kier alpha value is -2.90. The molecule has 3 rings (SSSR count). The molecule has 0 spiro atoms. The van der Waals surface area contributed by atoms with E-state index in [9.17, 15) is 4.79 Å². The monoisotopic (exact) mass is 412 g/mol. The summed E-state index contributed by atoms with van der Waals surface area (Å²) in [6.07, 6.45) is 0. The van der Waals surface area contributed by atoms with Crippen molar-refractivity contribution in [1.82, 2.24) is 9.88 Å². The maximum Gasteiger partial charge on any atom is 0.273 e. The highest BCUT2D eigenvalue weighted by molar-refractivity contribution is 7.13. The van der Waals surface area contributed by atoms with Crippen molar-refractivity contribution >= 4 is 17.2 Å². The summed E-state index contributed by atoms with van der Waals surface area (Å²) in [4.78, 5) is 19.4. The fraction of sp³-hybridized carbons (Fsp3) is 0.273. The fourth-order valence-corrected chi connectivity index (χ4v) is 3.68. The molecular weight excluding hydrogens is 388 g/mol. The van der Waals surface area contributed by atoms with E-state index in [-0.39, 0.29) is 5.91 Å². The standard InChI is InChI=1S/C22H24N2O4S/c1-26-12-11-24(14-16-7-5-4-6-8-16)22(25)18-15-29-21(23-18)17-9-10-19(27-2)20(13-17)28-3/h4-10,13,15H,11-12,14H2,1-3H3. The van der Waals surface area contributed by atoms with E-state index >= 15 is 0 Å². The van der Waals surface area contributed by atoms with E-state index in [1.165, 1.54) is 11.3 Å². The number of amides is 1. The van der Waals surface area contributed by atoms with Crippen LogP contribution in [0.2, 0.25) is 0 Å². The van der Waals surface area contributed by atoms with Crippen molar-refractivity contribution < 1.29 is 19.0 Å². The first kappa shape index (κ1) is 20.8. The minimum atomic E-state index is -0.117. The molecule has 0 radical (unpaired) electrons. The summed E-state index contributed by atoms with van der Waals surface area (Å²) in [5.41, 5.74) is 2.36. The third-order valence-electron chi connectivity index (χ3n) is 4.42. The minimum Gasteiger partial charge on any atom is -0.493 e. The van der Waals surface area contributed by atoms with Crippen LogP contribution in [-0.2, 0) is 11.3 Å². The average molecular weight is 413 g/mol. The molecule has 0 saturated heterocycles. The average Bonchev–Trinajstić information content (AvgIpc) is 3.26. The van der Waals surface area contributed by atoms with E-state index in [0.29, 0.717) is 36.9 Å². The van der Waals surface area contributed by atoms with E-state index in [1.54, 1.807) is 31.6 Å². The molecule has 0 N–H and O–H groups in total. The van der Waals surface area contributed by atoms with Crippen molar-refractivity contribution in [3.05, 3.63) is 65.2 Å². The van der Waals surface area contributed by atoms with E-state index in [2.05, 4.69) is 4.98 Å². The summed E-state index contributed by atoms with van der Waals surface area (Å²) in [5, 5.41) is 2.54. The zero-order valence-electron chi connectivity index (χ0n) is 16.8. The van der Waals surface area contributed by atoms with Gasteiger partial charge in [-0.1, -0.05) is 30.3 Å². The molecule has 1 aromatic heterocycles. The normalized spacial score (nSPS) is 10.6. The molecule has 1 heterocycles. The highest BCUT2D eigenvalue weighted by Gasteiger charge is 2.20. The number of rotatable bonds is 9. The van der Waals surface area contributed by atoms with Gasteiger partial charge in [0, 0.05) is 31.1 Å². The van der Waals surface area contributed by atoms with Gasteiger partial charge in [-0.25, -0.2) is 4.98 Å². The highest BCUT2D eigenvalue weighted by atomic mass is 32.1. The SMILES string of the molecule is COCCN(Cc1ccccc1)C(=O)c1csc(-c2ccc(OC)c(OC)c2)n1. The van der Waals surface area contributed by atoms with Crippen LogP contribution in [0.25, 0.3) is 10.6 Å². The molecule has 0 aliphatic carbocycles. The van der Waals surface area contributed by atoms with Crippen LogP contribution in [0.3, 0.4) is 0 Å². The maximum atomic E-state index is 13.1. The Labute approximate surface area is 174 Å². The van der Waals surface area contributed by atoms with Gasteiger partial charge in [-0.05, 0) is 23.8 Å². The van der Waals surface area contributed by atoms with E-state index in [4.69, 9.17) is 14.2 Å². The Bertz CT molecular complexity index is 943. The number of thiazole rings is 1. The molecule has 0 bridgehead atoms. The highest BCUT2D eigenvalue weighted by Crippen LogP contribution is 2.33. The van der Waals surface area contributed by atoms with Crippen molar-refractivity contribution in [2.24, 2.45) is 0 Å². The van der Waals surface area contributed by atoms with Gasteiger partial charge in [-0.2, -0.15) is 0 Å². The van der Waals surface area contributed by atoms with Gasteiger partial charge in [0.2, 0.25) is 0 Å². The first-order chi connectivity index (χ1) is 14.2. The summed E-state index contributed by atoms with van der Waals surface area (Å²) in [5.74, 6) is 1.16. The molecule has 0 aliphatic heterocycles. The molecule has 0 atom stereocenters. The second-order valence-corrected chi connectivity index (χ2v) is 7.17. The van der Waals surface area contributed by atoms with Crippen LogP contribution >= 0.6 is 11.3 Å². The number of nitrogens with zero attached hydrogens (tertiary/aromatic N) is 2. The lowest BCUT2D eigenvalue weighted by Gasteiger charge is -2.21. The Balaban J connectivity index is 1.82. The molecule has 29 heavy (non-hydrogen) atoms. The Morgan fingerprint density at radius 1 is 1.03 bits per heavy atom. The van der Waals surface area contributed by atoms with Gasteiger partial charge in [0.05, 0.1) is 20.8 Å². The predicted molar refractivity (Wildman–Crippen MR) is 114 cm³/mol. The number of hydrogen-bond donors (Lipinski definition) is 0. The quantitative estimate of drug-likeness (QED) is 0.529. The second-order valence-electron chi connectivity index (χ2n) is 6.31.